The van der Waals surface area contributed by atoms with Crippen molar-refractivity contribution < 1.29 is 5.11 Å². The van der Waals surface area contributed by atoms with E-state index < -0.39 is 0 Å². The number of hydrogen-bond donors (Lipinski definition) is 2. The Morgan fingerprint density at radius 2 is 2.15 bits per heavy atom. The fourth-order valence-electron chi connectivity index (χ4n) is 2.93. The van der Waals surface area contributed by atoms with Gasteiger partial charge in [-0.15, -0.1) is 0 Å². The SMILES string of the molecule is C[C@H](c1ccc2[nH]c(=O)sc2c1)c1ccn(-c2ccc(CCO)cn2)n1. The molecule has 1 aromatic carbocycles. The molecule has 0 bridgehead atoms. The molecular formula is C19H18N4O2S. The zero-order chi connectivity index (χ0) is 18.1. The Balaban J connectivity index is 1.60. The molecule has 3 aromatic heterocycles. The number of fused-ring (bicyclic) bond motifs is 1. The van der Waals surface area contributed by atoms with Gasteiger partial charge in [0.15, 0.2) is 5.82 Å². The van der Waals surface area contributed by atoms with Crippen molar-refractivity contribution in [2.24, 2.45) is 0 Å². The summed E-state index contributed by atoms with van der Waals surface area (Å²) in [7, 11) is 0. The Hall–Kier alpha value is -2.77. The van der Waals surface area contributed by atoms with E-state index in [1.165, 1.54) is 11.3 Å². The first-order valence-electron chi connectivity index (χ1n) is 8.38. The molecule has 26 heavy (non-hydrogen) atoms. The third-order valence-corrected chi connectivity index (χ3v) is 5.29. The van der Waals surface area contributed by atoms with Crippen LogP contribution in [-0.2, 0) is 6.42 Å². The minimum absolute atomic E-state index is 0.0372. The van der Waals surface area contributed by atoms with Crippen LogP contribution in [0.3, 0.4) is 0 Å². The van der Waals surface area contributed by atoms with Crippen LogP contribution in [0.15, 0.2) is 53.6 Å². The van der Waals surface area contributed by atoms with Gasteiger partial charge in [-0.2, -0.15) is 5.10 Å². The average Bonchev–Trinajstić information content (AvgIpc) is 3.27. The standard InChI is InChI=1S/C19H18N4O2S/c1-12(14-3-4-16-17(10-14)26-19(25)21-16)15-6-8-23(22-15)18-5-2-13(7-9-24)11-20-18/h2-6,8,10-12,24H,7,9H2,1H3,(H,21,25)/t12-/m1/s1. The summed E-state index contributed by atoms with van der Waals surface area (Å²) in [6, 6.07) is 11.8. The number of pyridine rings is 1. The summed E-state index contributed by atoms with van der Waals surface area (Å²) in [5.41, 5.74) is 3.92. The van der Waals surface area contributed by atoms with Crippen LogP contribution >= 0.6 is 11.3 Å². The van der Waals surface area contributed by atoms with E-state index >= 15 is 0 Å². The number of rotatable bonds is 5. The number of aromatic amines is 1. The number of H-pyrrole nitrogens is 1. The van der Waals surface area contributed by atoms with Gasteiger partial charge in [-0.1, -0.05) is 30.4 Å². The van der Waals surface area contributed by atoms with E-state index in [1.54, 1.807) is 10.9 Å². The van der Waals surface area contributed by atoms with Crippen LogP contribution in [0.25, 0.3) is 16.0 Å². The summed E-state index contributed by atoms with van der Waals surface area (Å²) in [5, 5.41) is 13.6. The fourth-order valence-corrected chi connectivity index (χ4v) is 3.71. The fraction of sp³-hybridized carbons (Fsp3) is 0.211. The first kappa shape index (κ1) is 16.7. The second-order valence-corrected chi connectivity index (χ2v) is 7.19. The molecule has 0 unspecified atom stereocenters. The first-order chi connectivity index (χ1) is 12.6. The van der Waals surface area contributed by atoms with E-state index in [9.17, 15) is 4.79 Å². The summed E-state index contributed by atoms with van der Waals surface area (Å²) >= 11 is 1.22. The van der Waals surface area contributed by atoms with Crippen molar-refractivity contribution in [2.75, 3.05) is 6.61 Å². The van der Waals surface area contributed by atoms with E-state index in [-0.39, 0.29) is 17.4 Å². The van der Waals surface area contributed by atoms with E-state index in [1.807, 2.05) is 42.6 Å². The average molecular weight is 366 g/mol. The van der Waals surface area contributed by atoms with Crippen LogP contribution in [-0.4, -0.2) is 31.5 Å². The molecule has 0 saturated carbocycles. The van der Waals surface area contributed by atoms with Crippen LogP contribution in [0, 0.1) is 0 Å². The van der Waals surface area contributed by atoms with Gasteiger partial charge in [-0.25, -0.2) is 9.67 Å². The predicted molar refractivity (Wildman–Crippen MR) is 102 cm³/mol. The molecule has 3 heterocycles. The maximum absolute atomic E-state index is 11.5. The number of nitrogens with zero attached hydrogens (tertiary/aromatic N) is 3. The lowest BCUT2D eigenvalue weighted by molar-refractivity contribution is 0.299. The molecule has 0 aliphatic carbocycles. The summed E-state index contributed by atoms with van der Waals surface area (Å²) in [6.45, 7) is 2.21. The maximum Gasteiger partial charge on any atom is 0.305 e. The van der Waals surface area contributed by atoms with E-state index in [4.69, 9.17) is 5.11 Å². The van der Waals surface area contributed by atoms with Gasteiger partial charge >= 0.3 is 4.87 Å². The summed E-state index contributed by atoms with van der Waals surface area (Å²) in [5.74, 6) is 0.843. The Labute approximate surface area is 153 Å². The van der Waals surface area contributed by atoms with Gasteiger partial charge in [-0.05, 0) is 41.8 Å². The summed E-state index contributed by atoms with van der Waals surface area (Å²) < 4.78 is 2.71. The molecule has 0 saturated heterocycles. The van der Waals surface area contributed by atoms with Gasteiger partial charge in [0, 0.05) is 24.9 Å². The topological polar surface area (TPSA) is 83.8 Å². The zero-order valence-electron chi connectivity index (χ0n) is 14.2. The molecule has 6 nitrogen and oxygen atoms in total. The molecule has 0 spiro atoms. The molecule has 0 aliphatic heterocycles. The quantitative estimate of drug-likeness (QED) is 0.569. The van der Waals surface area contributed by atoms with Crippen molar-refractivity contribution in [3.05, 3.63) is 75.3 Å². The smallest absolute Gasteiger partial charge is 0.305 e. The van der Waals surface area contributed by atoms with Crippen LogP contribution in [0.2, 0.25) is 0 Å². The Morgan fingerprint density at radius 1 is 1.27 bits per heavy atom. The Bertz CT molecular complexity index is 1090. The summed E-state index contributed by atoms with van der Waals surface area (Å²) in [4.78, 5) is 18.7. The van der Waals surface area contributed by atoms with Crippen molar-refractivity contribution in [2.45, 2.75) is 19.3 Å². The second-order valence-electron chi connectivity index (χ2n) is 6.18. The van der Waals surface area contributed by atoms with Gasteiger partial charge in [-0.3, -0.25) is 4.79 Å². The molecule has 7 heteroatoms. The van der Waals surface area contributed by atoms with Crippen LogP contribution < -0.4 is 4.87 Å². The highest BCUT2D eigenvalue weighted by Gasteiger charge is 2.14. The van der Waals surface area contributed by atoms with Gasteiger partial charge in [0.2, 0.25) is 0 Å². The minimum atomic E-state index is -0.0372. The highest BCUT2D eigenvalue weighted by atomic mass is 32.1. The number of hydrogen-bond acceptors (Lipinski definition) is 5. The van der Waals surface area contributed by atoms with Crippen molar-refractivity contribution >= 4 is 21.6 Å². The predicted octanol–water partition coefficient (Wildman–Crippen LogP) is 2.86. The van der Waals surface area contributed by atoms with E-state index in [2.05, 4.69) is 22.0 Å². The maximum atomic E-state index is 11.5. The number of nitrogens with one attached hydrogen (secondary N) is 1. The number of aliphatic hydroxyl groups is 1. The molecule has 132 valence electrons. The highest BCUT2D eigenvalue weighted by Crippen LogP contribution is 2.26. The molecule has 0 amide bonds. The van der Waals surface area contributed by atoms with Crippen molar-refractivity contribution in [1.82, 2.24) is 19.7 Å². The van der Waals surface area contributed by atoms with Gasteiger partial charge in [0.25, 0.3) is 0 Å². The molecular weight excluding hydrogens is 348 g/mol. The molecule has 4 aromatic rings. The van der Waals surface area contributed by atoms with Crippen LogP contribution in [0.5, 0.6) is 0 Å². The third kappa shape index (κ3) is 3.18. The molecule has 0 radical (unpaired) electrons. The second kappa shape index (κ2) is 6.86. The number of aromatic nitrogens is 4. The number of aliphatic hydroxyl groups excluding tert-OH is 1. The number of benzene rings is 1. The number of thiazole rings is 1. The Morgan fingerprint density at radius 3 is 2.92 bits per heavy atom. The van der Waals surface area contributed by atoms with Crippen LogP contribution in [0.1, 0.15) is 29.7 Å². The molecule has 0 aliphatic rings. The van der Waals surface area contributed by atoms with Gasteiger partial charge in [0.1, 0.15) is 0 Å². The van der Waals surface area contributed by atoms with E-state index in [0.29, 0.717) is 6.42 Å². The van der Waals surface area contributed by atoms with Gasteiger partial charge in [0.05, 0.1) is 15.9 Å². The highest BCUT2D eigenvalue weighted by molar-refractivity contribution is 7.16. The first-order valence-corrected chi connectivity index (χ1v) is 9.20. The van der Waals surface area contributed by atoms with Gasteiger partial charge < -0.3 is 10.1 Å². The van der Waals surface area contributed by atoms with Crippen molar-refractivity contribution in [3.63, 3.8) is 0 Å². The lowest BCUT2D eigenvalue weighted by Crippen LogP contribution is -2.02. The third-order valence-electron chi connectivity index (χ3n) is 4.44. The molecule has 0 fully saturated rings. The molecule has 1 atom stereocenters. The van der Waals surface area contributed by atoms with Crippen molar-refractivity contribution in [1.29, 1.82) is 0 Å². The zero-order valence-corrected chi connectivity index (χ0v) is 15.0. The summed E-state index contributed by atoms with van der Waals surface area (Å²) in [6.07, 6.45) is 4.26. The lowest BCUT2D eigenvalue weighted by atomic mass is 9.98. The molecule has 2 N–H and O–H groups in total. The van der Waals surface area contributed by atoms with Crippen molar-refractivity contribution in [3.8, 4) is 5.82 Å². The normalized spacial score (nSPS) is 12.5. The monoisotopic (exact) mass is 366 g/mol. The van der Waals surface area contributed by atoms with Crippen LogP contribution in [0.4, 0.5) is 0 Å². The lowest BCUT2D eigenvalue weighted by Gasteiger charge is -2.09. The van der Waals surface area contributed by atoms with E-state index in [0.717, 1.165) is 32.9 Å². The Kier molecular flexibility index (Phi) is 4.40. The minimum Gasteiger partial charge on any atom is -0.396 e. The molecule has 4 rings (SSSR count). The largest absolute Gasteiger partial charge is 0.396 e.